The normalized spacial score (nSPS) is 13.5. The van der Waals surface area contributed by atoms with Crippen LogP contribution in [0.3, 0.4) is 0 Å². The monoisotopic (exact) mass is 626 g/mol. The second kappa shape index (κ2) is 12.4. The van der Waals surface area contributed by atoms with Gasteiger partial charge in [-0.2, -0.15) is 0 Å². The Morgan fingerprint density at radius 2 is 1.59 bits per heavy atom. The molecule has 44 heavy (non-hydrogen) atoms. The van der Waals surface area contributed by atoms with Gasteiger partial charge in [0.25, 0.3) is 15.9 Å². The smallest absolute Gasteiger partial charge is 0.261 e. The molecule has 1 fully saturated rings. The van der Waals surface area contributed by atoms with E-state index < -0.39 is 10.0 Å². The molecule has 0 aliphatic carbocycles. The number of piperazine rings is 1. The van der Waals surface area contributed by atoms with Crippen LogP contribution in [-0.2, 0) is 10.0 Å². The van der Waals surface area contributed by atoms with Gasteiger partial charge in [0.1, 0.15) is 11.5 Å². The van der Waals surface area contributed by atoms with Crippen molar-refractivity contribution in [2.45, 2.75) is 4.90 Å². The molecule has 6 rings (SSSR count). The second-order valence-corrected chi connectivity index (χ2v) is 12.8. The molecular weight excluding hydrogens is 597 g/mol. The fourth-order valence-electron chi connectivity index (χ4n) is 5.06. The number of thiazole rings is 1. The van der Waals surface area contributed by atoms with Gasteiger partial charge in [-0.25, -0.2) is 13.4 Å². The highest BCUT2D eigenvalue weighted by Gasteiger charge is 2.27. The minimum absolute atomic E-state index is 0.0366. The maximum Gasteiger partial charge on any atom is 0.261 e. The van der Waals surface area contributed by atoms with Gasteiger partial charge in [0.15, 0.2) is 5.13 Å². The van der Waals surface area contributed by atoms with Gasteiger partial charge in [-0.15, -0.1) is 11.3 Å². The van der Waals surface area contributed by atoms with Gasteiger partial charge in [-0.3, -0.25) is 9.52 Å². The van der Waals surface area contributed by atoms with Crippen LogP contribution in [0, 0.1) is 0 Å². The predicted molar refractivity (Wildman–Crippen MR) is 173 cm³/mol. The fourth-order valence-corrected chi connectivity index (χ4v) is 7.02. The van der Waals surface area contributed by atoms with E-state index in [0.717, 1.165) is 27.5 Å². The number of aromatic nitrogens is 1. The molecule has 224 valence electrons. The summed E-state index contributed by atoms with van der Waals surface area (Å²) in [5.74, 6) is 0.271. The molecule has 0 saturated carbocycles. The Morgan fingerprint density at radius 3 is 2.30 bits per heavy atom. The van der Waals surface area contributed by atoms with E-state index in [4.69, 9.17) is 9.72 Å². The van der Waals surface area contributed by atoms with E-state index in [2.05, 4.69) is 9.62 Å². The number of phenolic OH excluding ortho intramolecular Hbond substituents is 1. The first-order valence-corrected chi connectivity index (χ1v) is 16.3. The van der Waals surface area contributed by atoms with Gasteiger partial charge >= 0.3 is 0 Å². The molecule has 2 heterocycles. The largest absolute Gasteiger partial charge is 0.508 e. The van der Waals surface area contributed by atoms with Gasteiger partial charge < -0.3 is 19.6 Å². The molecule has 4 aromatic carbocycles. The first-order chi connectivity index (χ1) is 21.3. The fraction of sp³-hybridized carbons (Fsp3) is 0.152. The van der Waals surface area contributed by atoms with Crippen LogP contribution in [0.25, 0.3) is 22.4 Å². The number of amides is 1. The number of methoxy groups -OCH3 is 1. The van der Waals surface area contributed by atoms with Crippen LogP contribution >= 0.6 is 11.3 Å². The summed E-state index contributed by atoms with van der Waals surface area (Å²) in [6.07, 6.45) is 0. The Hall–Kier alpha value is -4.87. The number of benzene rings is 4. The van der Waals surface area contributed by atoms with Crippen molar-refractivity contribution in [3.8, 4) is 33.9 Å². The number of hydrogen-bond acceptors (Lipinski definition) is 8. The van der Waals surface area contributed by atoms with E-state index in [0.29, 0.717) is 31.9 Å². The van der Waals surface area contributed by atoms with Crippen LogP contribution in [0.1, 0.15) is 10.4 Å². The molecule has 0 atom stereocenters. The topological polar surface area (TPSA) is 112 Å². The quantitative estimate of drug-likeness (QED) is 0.219. The van der Waals surface area contributed by atoms with E-state index in [1.807, 2.05) is 41.8 Å². The highest BCUT2D eigenvalue weighted by molar-refractivity contribution is 7.92. The SMILES string of the molecule is COc1ccc(C(=O)N2CCN(c3nc(-c4ccccc4)cs3)CC2)c(NS(=O)(=O)c2ccc(-c3cccc(O)c3)cc2)c1. The number of hydrogen-bond donors (Lipinski definition) is 2. The maximum absolute atomic E-state index is 13.7. The Labute approximate surface area is 260 Å². The summed E-state index contributed by atoms with van der Waals surface area (Å²) in [7, 11) is -2.56. The number of nitrogens with one attached hydrogen (secondary N) is 1. The van der Waals surface area contributed by atoms with E-state index in [1.165, 1.54) is 25.3 Å². The maximum atomic E-state index is 13.7. The molecule has 0 unspecified atom stereocenters. The van der Waals surface area contributed by atoms with Crippen molar-refractivity contribution in [2.24, 2.45) is 0 Å². The van der Waals surface area contributed by atoms with Gasteiger partial charge in [-0.1, -0.05) is 54.6 Å². The predicted octanol–water partition coefficient (Wildman–Crippen LogP) is 5.95. The number of anilines is 2. The molecule has 1 aliphatic rings. The van der Waals surface area contributed by atoms with Crippen molar-refractivity contribution in [3.63, 3.8) is 0 Å². The zero-order valence-corrected chi connectivity index (χ0v) is 25.5. The van der Waals surface area contributed by atoms with Crippen LogP contribution in [0.15, 0.2) is 107 Å². The number of nitrogens with zero attached hydrogens (tertiary/aromatic N) is 3. The number of aromatic hydroxyl groups is 1. The van der Waals surface area contributed by atoms with Crippen molar-refractivity contribution in [1.29, 1.82) is 0 Å². The molecule has 9 nitrogen and oxygen atoms in total. The van der Waals surface area contributed by atoms with Crippen LogP contribution < -0.4 is 14.4 Å². The molecule has 0 spiro atoms. The zero-order valence-electron chi connectivity index (χ0n) is 23.9. The zero-order chi connectivity index (χ0) is 30.7. The Balaban J connectivity index is 1.17. The average Bonchev–Trinajstić information content (AvgIpc) is 3.55. The van der Waals surface area contributed by atoms with Crippen molar-refractivity contribution in [3.05, 3.63) is 108 Å². The third-order valence-electron chi connectivity index (χ3n) is 7.44. The molecule has 1 aromatic heterocycles. The number of sulfonamides is 1. The van der Waals surface area contributed by atoms with E-state index in [-0.39, 0.29) is 27.8 Å². The molecule has 1 amide bonds. The van der Waals surface area contributed by atoms with E-state index in [9.17, 15) is 18.3 Å². The summed E-state index contributed by atoms with van der Waals surface area (Å²) in [5, 5.41) is 12.7. The summed E-state index contributed by atoms with van der Waals surface area (Å²) in [4.78, 5) is 22.4. The highest BCUT2D eigenvalue weighted by Crippen LogP contribution is 2.31. The van der Waals surface area contributed by atoms with Crippen molar-refractivity contribution >= 4 is 38.1 Å². The van der Waals surface area contributed by atoms with Gasteiger partial charge in [0.05, 0.1) is 29.0 Å². The molecule has 0 bridgehead atoms. The average molecular weight is 627 g/mol. The molecule has 5 aromatic rings. The summed E-state index contributed by atoms with van der Waals surface area (Å²) in [6, 6.07) is 27.8. The molecule has 1 aliphatic heterocycles. The summed E-state index contributed by atoms with van der Waals surface area (Å²) in [6.45, 7) is 2.15. The van der Waals surface area contributed by atoms with Crippen LogP contribution in [0.5, 0.6) is 11.5 Å². The van der Waals surface area contributed by atoms with Crippen LogP contribution in [-0.4, -0.2) is 62.6 Å². The molecule has 1 saturated heterocycles. The Morgan fingerprint density at radius 1 is 0.864 bits per heavy atom. The van der Waals surface area contributed by atoms with Gasteiger partial charge in [0.2, 0.25) is 0 Å². The number of rotatable bonds is 8. The summed E-state index contributed by atoms with van der Waals surface area (Å²) < 4.78 is 34.8. The van der Waals surface area contributed by atoms with E-state index >= 15 is 0 Å². The number of carbonyl (C=O) groups excluding carboxylic acids is 1. The molecule has 0 radical (unpaired) electrons. The van der Waals surface area contributed by atoms with E-state index in [1.54, 1.807) is 58.7 Å². The van der Waals surface area contributed by atoms with Crippen LogP contribution in [0.2, 0.25) is 0 Å². The lowest BCUT2D eigenvalue weighted by Gasteiger charge is -2.35. The standard InChI is InChI=1S/C33H30N4O5S2/c1-42-27-12-15-29(30(21-27)35-44(40,41)28-13-10-23(11-14-28)25-8-5-9-26(38)20-25)32(39)36-16-18-37(19-17-36)33-34-31(22-43-33)24-6-3-2-4-7-24/h2-15,20-22,35,38H,16-19H2,1H3. The minimum Gasteiger partial charge on any atom is -0.508 e. The minimum atomic E-state index is -4.04. The van der Waals surface area contributed by atoms with Crippen molar-refractivity contribution < 1.29 is 23.1 Å². The van der Waals surface area contributed by atoms with Crippen LogP contribution in [0.4, 0.5) is 10.8 Å². The second-order valence-electron chi connectivity index (χ2n) is 10.3. The van der Waals surface area contributed by atoms with Gasteiger partial charge in [0, 0.05) is 43.2 Å². The summed E-state index contributed by atoms with van der Waals surface area (Å²) >= 11 is 1.58. The lowest BCUT2D eigenvalue weighted by atomic mass is 10.1. The highest BCUT2D eigenvalue weighted by atomic mass is 32.2. The number of ether oxygens (including phenoxy) is 1. The first-order valence-electron chi connectivity index (χ1n) is 14.0. The third-order valence-corrected chi connectivity index (χ3v) is 9.73. The Bertz CT molecular complexity index is 1890. The number of phenols is 1. The lowest BCUT2D eigenvalue weighted by Crippen LogP contribution is -2.49. The molecular formula is C33H30N4O5S2. The van der Waals surface area contributed by atoms with Crippen molar-refractivity contribution in [1.82, 2.24) is 9.88 Å². The first kappa shape index (κ1) is 29.2. The number of carbonyl (C=O) groups is 1. The van der Waals surface area contributed by atoms with Crippen molar-refractivity contribution in [2.75, 3.05) is 42.9 Å². The molecule has 11 heteroatoms. The Kier molecular flexibility index (Phi) is 8.23. The molecule has 2 N–H and O–H groups in total. The van der Waals surface area contributed by atoms with Gasteiger partial charge in [-0.05, 0) is 47.5 Å². The lowest BCUT2D eigenvalue weighted by molar-refractivity contribution is 0.0748. The third kappa shape index (κ3) is 6.24. The summed E-state index contributed by atoms with van der Waals surface area (Å²) in [5.41, 5.74) is 3.87.